The highest BCUT2D eigenvalue weighted by Gasteiger charge is 2.34. The lowest BCUT2D eigenvalue weighted by Crippen LogP contribution is -2.37. The van der Waals surface area contributed by atoms with Gasteiger partial charge >= 0.3 is 0 Å². The second-order valence-corrected chi connectivity index (χ2v) is 6.88. The van der Waals surface area contributed by atoms with Crippen molar-refractivity contribution in [3.05, 3.63) is 90.8 Å². The van der Waals surface area contributed by atoms with Crippen LogP contribution in [0.1, 0.15) is 18.0 Å². The Kier molecular flexibility index (Phi) is 5.64. The van der Waals surface area contributed by atoms with Crippen molar-refractivity contribution in [3.63, 3.8) is 0 Å². The van der Waals surface area contributed by atoms with Gasteiger partial charge in [-0.05, 0) is 36.2 Å². The van der Waals surface area contributed by atoms with Gasteiger partial charge in [-0.3, -0.25) is 14.7 Å². The number of nitrogens with one attached hydrogen (secondary N) is 1. The van der Waals surface area contributed by atoms with Crippen LogP contribution in [0.25, 0.3) is 0 Å². The van der Waals surface area contributed by atoms with Crippen LogP contribution < -0.4 is 10.1 Å². The third-order valence-electron chi connectivity index (χ3n) is 4.88. The summed E-state index contributed by atoms with van der Waals surface area (Å²) >= 11 is 0. The minimum atomic E-state index is -0.357. The molecule has 1 amide bonds. The Morgan fingerprint density at radius 1 is 1.04 bits per heavy atom. The number of nitrogens with zero attached hydrogens (tertiary/aromatic N) is 2. The first-order chi connectivity index (χ1) is 13.8. The molecule has 2 heterocycles. The maximum Gasteiger partial charge on any atom is 0.246 e. The number of benzene rings is 2. The Labute approximate surface area is 165 Å². The third-order valence-corrected chi connectivity index (χ3v) is 4.88. The standard InChI is InChI=1S/C23H23N3O2/c27-23(25-19-10-5-2-6-11-19)22(18-8-3-1-4-9-18)26-15-13-21(17-26)28-20-12-7-14-24-16-20/h1-12,14,16,21-22H,13,15,17H2,(H,25,27)/t21-,22+/m1/s1. The second-order valence-electron chi connectivity index (χ2n) is 6.88. The van der Waals surface area contributed by atoms with Gasteiger partial charge in [-0.25, -0.2) is 0 Å². The highest BCUT2D eigenvalue weighted by molar-refractivity contribution is 5.95. The summed E-state index contributed by atoms with van der Waals surface area (Å²) in [5.41, 5.74) is 1.79. The Morgan fingerprint density at radius 2 is 1.79 bits per heavy atom. The fourth-order valence-corrected chi connectivity index (χ4v) is 3.59. The van der Waals surface area contributed by atoms with Crippen LogP contribution in [0.4, 0.5) is 5.69 Å². The summed E-state index contributed by atoms with van der Waals surface area (Å²) in [7, 11) is 0. The second kappa shape index (κ2) is 8.67. The number of rotatable bonds is 6. The molecule has 0 spiro atoms. The van der Waals surface area contributed by atoms with Crippen molar-refractivity contribution >= 4 is 11.6 Å². The molecule has 0 saturated carbocycles. The first kappa shape index (κ1) is 18.2. The minimum absolute atomic E-state index is 0.0283. The van der Waals surface area contributed by atoms with Crippen molar-refractivity contribution in [2.45, 2.75) is 18.6 Å². The smallest absolute Gasteiger partial charge is 0.246 e. The molecule has 1 fully saturated rings. The van der Waals surface area contributed by atoms with Gasteiger partial charge in [-0.2, -0.15) is 0 Å². The summed E-state index contributed by atoms with van der Waals surface area (Å²) in [6, 6.07) is 22.9. The molecule has 1 aliphatic rings. The van der Waals surface area contributed by atoms with Crippen LogP contribution in [0.3, 0.4) is 0 Å². The number of ether oxygens (including phenoxy) is 1. The molecular weight excluding hydrogens is 350 g/mol. The normalized spacial score (nSPS) is 17.8. The molecule has 0 aliphatic carbocycles. The molecule has 0 radical (unpaired) electrons. The molecule has 2 aromatic carbocycles. The van der Waals surface area contributed by atoms with Crippen LogP contribution >= 0.6 is 0 Å². The van der Waals surface area contributed by atoms with E-state index in [0.29, 0.717) is 6.54 Å². The fourth-order valence-electron chi connectivity index (χ4n) is 3.59. The largest absolute Gasteiger partial charge is 0.487 e. The third kappa shape index (κ3) is 4.38. The number of carbonyl (C=O) groups excluding carboxylic acids is 1. The lowest BCUT2D eigenvalue weighted by Gasteiger charge is -2.27. The Balaban J connectivity index is 1.50. The van der Waals surface area contributed by atoms with Gasteiger partial charge in [0.05, 0.1) is 6.20 Å². The molecule has 28 heavy (non-hydrogen) atoms. The van der Waals surface area contributed by atoms with Crippen LogP contribution in [0.2, 0.25) is 0 Å². The number of carbonyl (C=O) groups is 1. The monoisotopic (exact) mass is 373 g/mol. The molecule has 2 atom stereocenters. The molecule has 0 unspecified atom stereocenters. The van der Waals surface area contributed by atoms with E-state index in [0.717, 1.165) is 30.0 Å². The zero-order valence-electron chi connectivity index (χ0n) is 15.6. The number of aromatic nitrogens is 1. The lowest BCUT2D eigenvalue weighted by atomic mass is 10.0. The van der Waals surface area contributed by atoms with Gasteiger partial charge in [-0.1, -0.05) is 48.5 Å². The predicted octanol–water partition coefficient (Wildman–Crippen LogP) is 3.91. The van der Waals surface area contributed by atoms with Crippen molar-refractivity contribution < 1.29 is 9.53 Å². The number of para-hydroxylation sites is 1. The van der Waals surface area contributed by atoms with Crippen molar-refractivity contribution in [3.8, 4) is 5.75 Å². The van der Waals surface area contributed by atoms with E-state index in [-0.39, 0.29) is 18.1 Å². The van der Waals surface area contributed by atoms with E-state index >= 15 is 0 Å². The highest BCUT2D eigenvalue weighted by Crippen LogP contribution is 2.28. The van der Waals surface area contributed by atoms with Gasteiger partial charge in [-0.15, -0.1) is 0 Å². The van der Waals surface area contributed by atoms with Crippen LogP contribution in [0.15, 0.2) is 85.2 Å². The van der Waals surface area contributed by atoms with Gasteiger partial charge < -0.3 is 10.1 Å². The number of hydrogen-bond donors (Lipinski definition) is 1. The molecule has 0 bridgehead atoms. The van der Waals surface area contributed by atoms with Crippen LogP contribution in [0.5, 0.6) is 5.75 Å². The van der Waals surface area contributed by atoms with E-state index < -0.39 is 0 Å². The summed E-state index contributed by atoms with van der Waals surface area (Å²) < 4.78 is 6.05. The SMILES string of the molecule is O=C(Nc1ccccc1)[C@H](c1ccccc1)N1CC[C@@H](Oc2cccnc2)C1. The van der Waals surface area contributed by atoms with E-state index in [2.05, 4.69) is 15.2 Å². The van der Waals surface area contributed by atoms with Crippen LogP contribution in [0, 0.1) is 0 Å². The van der Waals surface area contributed by atoms with Crippen molar-refractivity contribution in [2.24, 2.45) is 0 Å². The van der Waals surface area contributed by atoms with Crippen LogP contribution in [-0.2, 0) is 4.79 Å². The van der Waals surface area contributed by atoms with Gasteiger partial charge in [0.15, 0.2) is 0 Å². The molecule has 5 nitrogen and oxygen atoms in total. The summed E-state index contributed by atoms with van der Waals surface area (Å²) in [6.07, 6.45) is 4.36. The lowest BCUT2D eigenvalue weighted by molar-refractivity contribution is -0.121. The summed E-state index contributed by atoms with van der Waals surface area (Å²) in [5.74, 6) is 0.735. The topological polar surface area (TPSA) is 54.5 Å². The molecule has 142 valence electrons. The van der Waals surface area contributed by atoms with E-state index in [4.69, 9.17) is 4.74 Å². The molecule has 1 aromatic heterocycles. The molecule has 1 N–H and O–H groups in total. The number of amides is 1. The maximum atomic E-state index is 13.2. The average molecular weight is 373 g/mol. The molecule has 1 saturated heterocycles. The Morgan fingerprint density at radius 3 is 2.50 bits per heavy atom. The first-order valence-corrected chi connectivity index (χ1v) is 9.51. The first-order valence-electron chi connectivity index (χ1n) is 9.51. The van der Waals surface area contributed by atoms with Gasteiger partial charge in [0.25, 0.3) is 0 Å². The average Bonchev–Trinajstić information content (AvgIpc) is 3.18. The van der Waals surface area contributed by atoms with E-state index in [1.54, 1.807) is 12.4 Å². The quantitative estimate of drug-likeness (QED) is 0.712. The van der Waals surface area contributed by atoms with E-state index in [1.165, 1.54) is 0 Å². The Hall–Kier alpha value is -3.18. The highest BCUT2D eigenvalue weighted by atomic mass is 16.5. The zero-order valence-corrected chi connectivity index (χ0v) is 15.6. The van der Waals surface area contributed by atoms with Crippen LogP contribution in [-0.4, -0.2) is 35.0 Å². The van der Waals surface area contributed by atoms with Gasteiger partial charge in [0, 0.05) is 25.0 Å². The summed E-state index contributed by atoms with van der Waals surface area (Å²) in [6.45, 7) is 1.49. The van der Waals surface area contributed by atoms with Crippen molar-refractivity contribution in [2.75, 3.05) is 18.4 Å². The summed E-state index contributed by atoms with van der Waals surface area (Å²) in [5, 5.41) is 3.05. The minimum Gasteiger partial charge on any atom is -0.487 e. The Bertz CT molecular complexity index is 887. The fraction of sp³-hybridized carbons (Fsp3) is 0.217. The van der Waals surface area contributed by atoms with Crippen molar-refractivity contribution in [1.29, 1.82) is 0 Å². The van der Waals surface area contributed by atoms with E-state index in [1.807, 2.05) is 72.8 Å². The number of hydrogen-bond acceptors (Lipinski definition) is 4. The zero-order chi connectivity index (χ0) is 19.2. The molecule has 3 aromatic rings. The molecule has 1 aliphatic heterocycles. The number of pyridine rings is 1. The number of anilines is 1. The molecule has 5 heteroatoms. The van der Waals surface area contributed by atoms with E-state index in [9.17, 15) is 4.79 Å². The molecule has 4 rings (SSSR count). The van der Waals surface area contributed by atoms with Gasteiger partial charge in [0.2, 0.25) is 5.91 Å². The number of likely N-dealkylation sites (tertiary alicyclic amines) is 1. The van der Waals surface area contributed by atoms with Gasteiger partial charge in [0.1, 0.15) is 17.9 Å². The maximum absolute atomic E-state index is 13.2. The summed E-state index contributed by atoms with van der Waals surface area (Å²) in [4.78, 5) is 19.5. The van der Waals surface area contributed by atoms with Crippen molar-refractivity contribution in [1.82, 2.24) is 9.88 Å². The molecular formula is C23H23N3O2. The predicted molar refractivity (Wildman–Crippen MR) is 109 cm³/mol.